The Hall–Kier alpha value is -3.76. The summed E-state index contributed by atoms with van der Waals surface area (Å²) in [7, 11) is 3.54. The first kappa shape index (κ1) is 22.1. The molecule has 5 rings (SSSR count). The molecule has 4 aromatic rings. The molecule has 1 aliphatic heterocycles. The van der Waals surface area contributed by atoms with Crippen LogP contribution in [0.4, 0.5) is 11.4 Å². The van der Waals surface area contributed by atoms with E-state index in [0.29, 0.717) is 23.5 Å². The summed E-state index contributed by atoms with van der Waals surface area (Å²) in [5.41, 5.74) is 2.51. The zero-order valence-corrected chi connectivity index (χ0v) is 19.3. The van der Waals surface area contributed by atoms with E-state index in [1.54, 1.807) is 13.1 Å². The molecule has 0 spiro atoms. The Labute approximate surface area is 196 Å². The van der Waals surface area contributed by atoms with Gasteiger partial charge < -0.3 is 15.0 Å². The van der Waals surface area contributed by atoms with Crippen molar-refractivity contribution in [1.82, 2.24) is 24.1 Å². The van der Waals surface area contributed by atoms with Gasteiger partial charge in [0.2, 0.25) is 11.7 Å². The minimum atomic E-state index is -0.118. The van der Waals surface area contributed by atoms with Crippen LogP contribution in [0, 0.1) is 0 Å². The van der Waals surface area contributed by atoms with E-state index >= 15 is 0 Å². The van der Waals surface area contributed by atoms with Crippen LogP contribution in [0.3, 0.4) is 0 Å². The second-order valence-corrected chi connectivity index (χ2v) is 8.50. The van der Waals surface area contributed by atoms with Crippen molar-refractivity contribution in [2.45, 2.75) is 6.54 Å². The molecule has 10 heteroatoms. The summed E-state index contributed by atoms with van der Waals surface area (Å²) in [5, 5.41) is 12.1. The standard InChI is InChI=1S/C24H27N7O3/c1-28(16-22(32)25-17-7-9-18(10-8-17)30-11-13-34-14-12-30)15-21-26-27-24-29(2)23(33)19-5-3-4-6-20(19)31(21)24/h3-10H,11-16H2,1-2H3,(H,25,32). The Morgan fingerprint density at radius 2 is 1.82 bits per heavy atom. The molecule has 0 atom stereocenters. The van der Waals surface area contributed by atoms with Gasteiger partial charge in [0.05, 0.1) is 37.2 Å². The maximum atomic E-state index is 12.6. The SMILES string of the molecule is CN(CC(=O)Nc1ccc(N2CCOCC2)cc1)Cc1nnc2n(C)c(=O)c3ccccc3n12. The van der Waals surface area contributed by atoms with Gasteiger partial charge in [-0.1, -0.05) is 12.1 Å². The number of benzene rings is 2. The fraction of sp³-hybridized carbons (Fsp3) is 0.333. The lowest BCUT2D eigenvalue weighted by Crippen LogP contribution is -2.36. The van der Waals surface area contributed by atoms with E-state index in [1.807, 2.05) is 58.8 Å². The molecule has 1 saturated heterocycles. The second kappa shape index (κ2) is 9.24. The monoisotopic (exact) mass is 461 g/mol. The number of nitrogens with one attached hydrogen (secondary N) is 1. The fourth-order valence-corrected chi connectivity index (χ4v) is 4.31. The molecule has 1 amide bonds. The molecule has 176 valence electrons. The van der Waals surface area contributed by atoms with Gasteiger partial charge in [-0.25, -0.2) is 0 Å². The maximum absolute atomic E-state index is 12.6. The molecule has 0 saturated carbocycles. The second-order valence-electron chi connectivity index (χ2n) is 8.50. The van der Waals surface area contributed by atoms with Crippen molar-refractivity contribution in [2.24, 2.45) is 7.05 Å². The molecule has 1 fully saturated rings. The summed E-state index contributed by atoms with van der Waals surface area (Å²) in [6.07, 6.45) is 0. The summed E-state index contributed by atoms with van der Waals surface area (Å²) >= 11 is 0. The van der Waals surface area contributed by atoms with Gasteiger partial charge in [0.25, 0.3) is 5.56 Å². The van der Waals surface area contributed by atoms with Crippen LogP contribution in [0.15, 0.2) is 53.3 Å². The third-order valence-electron chi connectivity index (χ3n) is 6.05. The highest BCUT2D eigenvalue weighted by Gasteiger charge is 2.17. The number of fused-ring (bicyclic) bond motifs is 3. The Kier molecular flexibility index (Phi) is 5.99. The number of carbonyl (C=O) groups excluding carboxylic acids is 1. The van der Waals surface area contributed by atoms with E-state index < -0.39 is 0 Å². The number of amides is 1. The third-order valence-corrected chi connectivity index (χ3v) is 6.05. The molecule has 3 heterocycles. The first-order valence-electron chi connectivity index (χ1n) is 11.2. The first-order chi connectivity index (χ1) is 16.5. The summed E-state index contributed by atoms with van der Waals surface area (Å²) in [5.74, 6) is 1.01. The molecule has 0 aliphatic carbocycles. The van der Waals surface area contributed by atoms with Crippen LogP contribution in [-0.2, 0) is 23.1 Å². The minimum absolute atomic E-state index is 0.116. The molecule has 0 radical (unpaired) electrons. The number of rotatable bonds is 6. The number of aryl methyl sites for hydroxylation is 1. The number of para-hydroxylation sites is 1. The van der Waals surface area contributed by atoms with Gasteiger partial charge in [0.15, 0.2) is 5.82 Å². The Bertz CT molecular complexity index is 1390. The average molecular weight is 462 g/mol. The molecule has 0 bridgehead atoms. The van der Waals surface area contributed by atoms with E-state index in [0.717, 1.165) is 43.2 Å². The number of hydrogen-bond acceptors (Lipinski definition) is 7. The van der Waals surface area contributed by atoms with Crippen LogP contribution in [0.25, 0.3) is 16.7 Å². The summed E-state index contributed by atoms with van der Waals surface area (Å²) < 4.78 is 8.76. The smallest absolute Gasteiger partial charge is 0.262 e. The van der Waals surface area contributed by atoms with E-state index in [2.05, 4.69) is 20.4 Å². The van der Waals surface area contributed by atoms with Gasteiger partial charge in [-0.05, 0) is 43.4 Å². The molecule has 10 nitrogen and oxygen atoms in total. The highest BCUT2D eigenvalue weighted by atomic mass is 16.5. The largest absolute Gasteiger partial charge is 0.378 e. The Balaban J connectivity index is 1.27. The zero-order chi connectivity index (χ0) is 23.7. The summed E-state index contributed by atoms with van der Waals surface area (Å²) in [6, 6.07) is 15.3. The first-order valence-corrected chi connectivity index (χ1v) is 11.2. The highest BCUT2D eigenvalue weighted by Crippen LogP contribution is 2.19. The third kappa shape index (κ3) is 4.25. The van der Waals surface area contributed by atoms with Crippen LogP contribution >= 0.6 is 0 Å². The Morgan fingerprint density at radius 1 is 1.09 bits per heavy atom. The lowest BCUT2D eigenvalue weighted by molar-refractivity contribution is -0.117. The van der Waals surface area contributed by atoms with Crippen molar-refractivity contribution >= 4 is 34.0 Å². The number of morpholine rings is 1. The highest BCUT2D eigenvalue weighted by molar-refractivity contribution is 5.92. The van der Waals surface area contributed by atoms with Crippen LogP contribution in [0.5, 0.6) is 0 Å². The van der Waals surface area contributed by atoms with Crippen molar-refractivity contribution in [2.75, 3.05) is 50.1 Å². The van der Waals surface area contributed by atoms with Crippen molar-refractivity contribution < 1.29 is 9.53 Å². The molecule has 1 N–H and O–H groups in total. The van der Waals surface area contributed by atoms with Crippen molar-refractivity contribution in [3.63, 3.8) is 0 Å². The summed E-state index contributed by atoms with van der Waals surface area (Å²) in [6.45, 7) is 3.79. The van der Waals surface area contributed by atoms with E-state index in [-0.39, 0.29) is 18.0 Å². The van der Waals surface area contributed by atoms with Gasteiger partial charge in [0, 0.05) is 31.5 Å². The van der Waals surface area contributed by atoms with Gasteiger partial charge in [-0.2, -0.15) is 0 Å². The zero-order valence-electron chi connectivity index (χ0n) is 19.3. The van der Waals surface area contributed by atoms with Gasteiger partial charge in [0.1, 0.15) is 0 Å². The van der Waals surface area contributed by atoms with Crippen molar-refractivity contribution in [3.05, 3.63) is 64.7 Å². The number of carbonyl (C=O) groups is 1. The predicted octanol–water partition coefficient (Wildman–Crippen LogP) is 1.49. The van der Waals surface area contributed by atoms with Gasteiger partial charge in [-0.15, -0.1) is 10.2 Å². The minimum Gasteiger partial charge on any atom is -0.378 e. The van der Waals surface area contributed by atoms with Crippen LogP contribution < -0.4 is 15.8 Å². The topological polar surface area (TPSA) is 97.0 Å². The van der Waals surface area contributed by atoms with Crippen molar-refractivity contribution in [3.8, 4) is 0 Å². The number of nitrogens with zero attached hydrogens (tertiary/aromatic N) is 6. The van der Waals surface area contributed by atoms with E-state index in [9.17, 15) is 9.59 Å². The van der Waals surface area contributed by atoms with Gasteiger partial charge >= 0.3 is 0 Å². The number of anilines is 2. The van der Waals surface area contributed by atoms with Crippen LogP contribution in [0.2, 0.25) is 0 Å². The molecule has 2 aromatic carbocycles. The molecular formula is C24H27N7O3. The fourth-order valence-electron chi connectivity index (χ4n) is 4.31. The Morgan fingerprint density at radius 3 is 2.59 bits per heavy atom. The quantitative estimate of drug-likeness (QED) is 0.465. The van der Waals surface area contributed by atoms with E-state index in [4.69, 9.17) is 4.74 Å². The normalized spacial score (nSPS) is 14.3. The molecule has 0 unspecified atom stereocenters. The molecule has 34 heavy (non-hydrogen) atoms. The summed E-state index contributed by atoms with van der Waals surface area (Å²) in [4.78, 5) is 29.4. The van der Waals surface area contributed by atoms with E-state index in [1.165, 1.54) is 4.57 Å². The maximum Gasteiger partial charge on any atom is 0.262 e. The number of ether oxygens (including phenoxy) is 1. The van der Waals surface area contributed by atoms with Crippen LogP contribution in [0.1, 0.15) is 5.82 Å². The predicted molar refractivity (Wildman–Crippen MR) is 130 cm³/mol. The van der Waals surface area contributed by atoms with Crippen molar-refractivity contribution in [1.29, 1.82) is 0 Å². The number of hydrogen-bond donors (Lipinski definition) is 1. The van der Waals surface area contributed by atoms with Gasteiger partial charge in [-0.3, -0.25) is 23.5 Å². The molecule has 2 aromatic heterocycles. The lowest BCUT2D eigenvalue weighted by Gasteiger charge is -2.28. The molecular weight excluding hydrogens is 434 g/mol. The average Bonchev–Trinajstić information content (AvgIpc) is 3.27. The van der Waals surface area contributed by atoms with Crippen LogP contribution in [-0.4, -0.2) is 69.9 Å². The lowest BCUT2D eigenvalue weighted by atomic mass is 10.2. The number of aromatic nitrogens is 4. The molecule has 1 aliphatic rings. The number of likely N-dealkylation sites (N-methyl/N-ethyl adjacent to an activating group) is 1.